The molecule has 4 nitrogen and oxygen atoms in total. The highest BCUT2D eigenvalue weighted by atomic mass is 19.3. The van der Waals surface area contributed by atoms with Crippen molar-refractivity contribution >= 4 is 11.9 Å². The first-order valence-corrected chi connectivity index (χ1v) is 6.89. The van der Waals surface area contributed by atoms with Gasteiger partial charge in [0.2, 0.25) is 0 Å². The fourth-order valence-electron chi connectivity index (χ4n) is 1.96. The van der Waals surface area contributed by atoms with E-state index in [0.29, 0.717) is 16.7 Å². The van der Waals surface area contributed by atoms with Gasteiger partial charge in [-0.05, 0) is 48.0 Å². The second kappa shape index (κ2) is 7.88. The van der Waals surface area contributed by atoms with Crippen LogP contribution in [0, 0.1) is 11.3 Å². The molecular formula is C18H13F2NO3. The van der Waals surface area contributed by atoms with Gasteiger partial charge in [0, 0.05) is 5.56 Å². The van der Waals surface area contributed by atoms with Crippen molar-refractivity contribution in [2.45, 2.75) is 6.61 Å². The fourth-order valence-corrected chi connectivity index (χ4v) is 1.96. The zero-order valence-corrected chi connectivity index (χ0v) is 12.7. The maximum absolute atomic E-state index is 12.3. The lowest BCUT2D eigenvalue weighted by atomic mass is 10.1. The molecule has 0 atom stereocenters. The van der Waals surface area contributed by atoms with Crippen molar-refractivity contribution in [2.24, 2.45) is 0 Å². The number of halogens is 2. The van der Waals surface area contributed by atoms with Crippen molar-refractivity contribution in [3.05, 3.63) is 65.2 Å². The minimum Gasteiger partial charge on any atom is -0.493 e. The van der Waals surface area contributed by atoms with Gasteiger partial charge >= 0.3 is 6.61 Å². The number of rotatable bonds is 6. The van der Waals surface area contributed by atoms with Crippen LogP contribution >= 0.6 is 0 Å². The molecule has 0 saturated carbocycles. The molecule has 0 aliphatic carbocycles. The summed E-state index contributed by atoms with van der Waals surface area (Å²) in [6, 6.07) is 12.6. The van der Waals surface area contributed by atoms with E-state index in [0.717, 1.165) is 0 Å². The van der Waals surface area contributed by atoms with Gasteiger partial charge in [-0.15, -0.1) is 0 Å². The Bertz CT molecular complexity index is 793. The Labute approximate surface area is 137 Å². The quantitative estimate of drug-likeness (QED) is 0.592. The number of allylic oxidation sites excluding steroid dienone is 1. The molecule has 2 rings (SSSR count). The van der Waals surface area contributed by atoms with Gasteiger partial charge in [0.25, 0.3) is 0 Å². The first kappa shape index (κ1) is 17.2. The van der Waals surface area contributed by atoms with Crippen molar-refractivity contribution in [2.75, 3.05) is 7.11 Å². The SMILES string of the molecule is COc1cc(/C=C/C(=O)c2ccc(C#N)cc2)ccc1OC(F)F. The second-order valence-electron chi connectivity index (χ2n) is 4.68. The van der Waals surface area contributed by atoms with Crippen molar-refractivity contribution in [1.29, 1.82) is 5.26 Å². The highest BCUT2D eigenvalue weighted by Crippen LogP contribution is 2.29. The summed E-state index contributed by atoms with van der Waals surface area (Å²) < 4.78 is 33.9. The second-order valence-corrected chi connectivity index (χ2v) is 4.68. The zero-order valence-electron chi connectivity index (χ0n) is 12.7. The Morgan fingerprint density at radius 1 is 1.17 bits per heavy atom. The lowest BCUT2D eigenvalue weighted by Gasteiger charge is -2.10. The number of alkyl halides is 2. The normalized spacial score (nSPS) is 10.6. The fraction of sp³-hybridized carbons (Fsp3) is 0.111. The molecule has 0 radical (unpaired) electrons. The molecule has 24 heavy (non-hydrogen) atoms. The average Bonchev–Trinajstić information content (AvgIpc) is 2.60. The summed E-state index contributed by atoms with van der Waals surface area (Å²) in [7, 11) is 1.34. The summed E-state index contributed by atoms with van der Waals surface area (Å²) in [5.41, 5.74) is 1.50. The van der Waals surface area contributed by atoms with Crippen LogP contribution in [-0.2, 0) is 0 Å². The average molecular weight is 329 g/mol. The first-order valence-electron chi connectivity index (χ1n) is 6.89. The Hall–Kier alpha value is -3.20. The number of carbonyl (C=O) groups excluding carboxylic acids is 1. The van der Waals surface area contributed by atoms with Crippen LogP contribution in [0.3, 0.4) is 0 Å². The Morgan fingerprint density at radius 3 is 2.46 bits per heavy atom. The molecule has 0 heterocycles. The molecule has 122 valence electrons. The molecule has 6 heteroatoms. The van der Waals surface area contributed by atoms with Crippen LogP contribution < -0.4 is 9.47 Å². The van der Waals surface area contributed by atoms with E-state index in [2.05, 4.69) is 4.74 Å². The standard InChI is InChI=1S/C18H13F2NO3/c1-23-17-10-12(5-9-16(17)24-18(19)20)4-8-15(22)14-6-2-13(11-21)3-7-14/h2-10,18H,1H3/b8-4+. The van der Waals surface area contributed by atoms with Crippen LogP contribution in [0.1, 0.15) is 21.5 Å². The number of hydrogen-bond donors (Lipinski definition) is 0. The van der Waals surface area contributed by atoms with Crippen LogP contribution in [0.2, 0.25) is 0 Å². The summed E-state index contributed by atoms with van der Waals surface area (Å²) in [4.78, 5) is 12.1. The van der Waals surface area contributed by atoms with E-state index in [4.69, 9.17) is 10.00 Å². The van der Waals surface area contributed by atoms with Crippen molar-refractivity contribution in [1.82, 2.24) is 0 Å². The maximum Gasteiger partial charge on any atom is 0.387 e. The third-order valence-electron chi connectivity index (χ3n) is 3.13. The maximum atomic E-state index is 12.3. The lowest BCUT2D eigenvalue weighted by Crippen LogP contribution is -2.03. The van der Waals surface area contributed by atoms with E-state index < -0.39 is 6.61 Å². The molecule has 0 amide bonds. The van der Waals surface area contributed by atoms with Crippen LogP contribution in [0.5, 0.6) is 11.5 Å². The minimum absolute atomic E-state index is 0.0805. The molecular weight excluding hydrogens is 316 g/mol. The van der Waals surface area contributed by atoms with Crippen molar-refractivity contribution in [3.8, 4) is 17.6 Å². The van der Waals surface area contributed by atoms with E-state index >= 15 is 0 Å². The predicted molar refractivity (Wildman–Crippen MR) is 84.1 cm³/mol. The Morgan fingerprint density at radius 2 is 1.88 bits per heavy atom. The molecule has 0 saturated heterocycles. The summed E-state index contributed by atoms with van der Waals surface area (Å²) in [6.45, 7) is -2.95. The van der Waals surface area contributed by atoms with Gasteiger partial charge in [0.05, 0.1) is 18.7 Å². The number of ether oxygens (including phenoxy) is 2. The summed E-state index contributed by atoms with van der Waals surface area (Å²) >= 11 is 0. The predicted octanol–water partition coefficient (Wildman–Crippen LogP) is 4.06. The van der Waals surface area contributed by atoms with Crippen molar-refractivity contribution in [3.63, 3.8) is 0 Å². The largest absolute Gasteiger partial charge is 0.493 e. The van der Waals surface area contributed by atoms with Crippen LogP contribution in [0.25, 0.3) is 6.08 Å². The number of benzene rings is 2. The molecule has 0 bridgehead atoms. The summed E-state index contributed by atoms with van der Waals surface area (Å²) in [5, 5.41) is 8.73. The number of hydrogen-bond acceptors (Lipinski definition) is 4. The van der Waals surface area contributed by atoms with Gasteiger partial charge < -0.3 is 9.47 Å². The number of carbonyl (C=O) groups is 1. The van der Waals surface area contributed by atoms with Crippen LogP contribution in [0.4, 0.5) is 8.78 Å². The third-order valence-corrected chi connectivity index (χ3v) is 3.13. The van der Waals surface area contributed by atoms with Gasteiger partial charge in [-0.3, -0.25) is 4.79 Å². The molecule has 0 aromatic heterocycles. The van der Waals surface area contributed by atoms with Crippen LogP contribution in [0.15, 0.2) is 48.5 Å². The molecule has 0 aliphatic heterocycles. The number of nitrogens with zero attached hydrogens (tertiary/aromatic N) is 1. The molecule has 0 aliphatic rings. The Kier molecular flexibility index (Phi) is 5.63. The highest BCUT2D eigenvalue weighted by molar-refractivity contribution is 6.06. The van der Waals surface area contributed by atoms with Gasteiger partial charge in [0.1, 0.15) is 0 Å². The lowest BCUT2D eigenvalue weighted by molar-refractivity contribution is -0.0512. The molecule has 0 unspecified atom stereocenters. The molecule has 2 aromatic carbocycles. The van der Waals surface area contributed by atoms with Gasteiger partial charge in [-0.1, -0.05) is 12.1 Å². The number of nitriles is 1. The van der Waals surface area contributed by atoms with E-state index in [9.17, 15) is 13.6 Å². The van der Waals surface area contributed by atoms with Gasteiger partial charge in [-0.2, -0.15) is 14.0 Å². The molecule has 0 fully saturated rings. The van der Waals surface area contributed by atoms with E-state index in [1.54, 1.807) is 24.3 Å². The first-order chi connectivity index (χ1) is 11.5. The van der Waals surface area contributed by atoms with E-state index in [1.165, 1.54) is 37.5 Å². The zero-order chi connectivity index (χ0) is 17.5. The Balaban J connectivity index is 2.15. The van der Waals surface area contributed by atoms with Gasteiger partial charge in [-0.25, -0.2) is 0 Å². The van der Waals surface area contributed by atoms with Crippen molar-refractivity contribution < 1.29 is 23.0 Å². The number of methoxy groups -OCH3 is 1. The molecule has 0 spiro atoms. The highest BCUT2D eigenvalue weighted by Gasteiger charge is 2.10. The topological polar surface area (TPSA) is 59.3 Å². The third kappa shape index (κ3) is 4.40. The minimum atomic E-state index is -2.95. The number of ketones is 1. The summed E-state index contributed by atoms with van der Waals surface area (Å²) in [5.74, 6) is -0.183. The van der Waals surface area contributed by atoms with E-state index in [-0.39, 0.29) is 17.3 Å². The smallest absolute Gasteiger partial charge is 0.387 e. The molecule has 2 aromatic rings. The summed E-state index contributed by atoms with van der Waals surface area (Å²) in [6.07, 6.45) is 2.89. The van der Waals surface area contributed by atoms with Crippen LogP contribution in [-0.4, -0.2) is 19.5 Å². The monoisotopic (exact) mass is 329 g/mol. The molecule has 0 N–H and O–H groups in total. The van der Waals surface area contributed by atoms with E-state index in [1.807, 2.05) is 6.07 Å². The van der Waals surface area contributed by atoms with Gasteiger partial charge in [0.15, 0.2) is 17.3 Å².